The van der Waals surface area contributed by atoms with E-state index < -0.39 is 0 Å². The Labute approximate surface area is 137 Å². The maximum absolute atomic E-state index is 12.9. The van der Waals surface area contributed by atoms with Gasteiger partial charge in [0.25, 0.3) is 0 Å². The van der Waals surface area contributed by atoms with Gasteiger partial charge in [-0.05, 0) is 43.3 Å². The molecule has 1 aromatic carbocycles. The molecule has 0 amide bonds. The van der Waals surface area contributed by atoms with E-state index in [1.807, 2.05) is 35.9 Å². The summed E-state index contributed by atoms with van der Waals surface area (Å²) < 4.78 is 20.4. The van der Waals surface area contributed by atoms with Crippen molar-refractivity contribution in [2.24, 2.45) is 0 Å². The predicted octanol–water partition coefficient (Wildman–Crippen LogP) is 4.03. The zero-order chi connectivity index (χ0) is 16.5. The summed E-state index contributed by atoms with van der Waals surface area (Å²) in [6.45, 7) is 2.00. The minimum absolute atomic E-state index is 0.213. The third-order valence-corrected chi connectivity index (χ3v) is 3.67. The molecule has 4 aromatic rings. The van der Waals surface area contributed by atoms with Gasteiger partial charge in [-0.2, -0.15) is 0 Å². The summed E-state index contributed by atoms with van der Waals surface area (Å²) >= 11 is 0. The van der Waals surface area contributed by atoms with E-state index >= 15 is 0 Å². The first-order valence-corrected chi connectivity index (χ1v) is 7.38. The van der Waals surface area contributed by atoms with Crippen LogP contribution in [0.25, 0.3) is 16.8 Å². The Hall–Kier alpha value is -3.28. The summed E-state index contributed by atoms with van der Waals surface area (Å²) in [6, 6.07) is 9.85. The first-order chi connectivity index (χ1) is 11.7. The topological polar surface area (TPSA) is 52.3 Å². The second kappa shape index (κ2) is 5.73. The van der Waals surface area contributed by atoms with Crippen molar-refractivity contribution in [2.45, 2.75) is 6.92 Å². The van der Waals surface area contributed by atoms with Gasteiger partial charge in [0.1, 0.15) is 17.2 Å². The molecule has 3 aromatic heterocycles. The van der Waals surface area contributed by atoms with Gasteiger partial charge in [-0.25, -0.2) is 19.3 Å². The first-order valence-electron chi connectivity index (χ1n) is 7.38. The predicted molar refractivity (Wildman–Crippen MR) is 87.4 cm³/mol. The Morgan fingerprint density at radius 3 is 2.38 bits per heavy atom. The molecular weight excluding hydrogens is 307 g/mol. The number of aryl methyl sites for hydroxylation is 1. The molecule has 0 fully saturated rings. The van der Waals surface area contributed by atoms with Crippen LogP contribution < -0.4 is 4.74 Å². The van der Waals surface area contributed by atoms with Crippen LogP contribution >= 0.6 is 0 Å². The third kappa shape index (κ3) is 2.69. The molecule has 3 heterocycles. The van der Waals surface area contributed by atoms with Gasteiger partial charge in [0.05, 0.1) is 0 Å². The van der Waals surface area contributed by atoms with Crippen molar-refractivity contribution in [1.82, 2.24) is 19.4 Å². The Bertz CT molecular complexity index is 994. The zero-order valence-electron chi connectivity index (χ0n) is 12.8. The van der Waals surface area contributed by atoms with Gasteiger partial charge in [-0.15, -0.1) is 0 Å². The number of hydrogen-bond donors (Lipinski definition) is 0. The molecule has 0 aliphatic carbocycles. The molecule has 0 aliphatic heterocycles. The number of halogens is 1. The van der Waals surface area contributed by atoms with Gasteiger partial charge in [-0.1, -0.05) is 0 Å². The van der Waals surface area contributed by atoms with Gasteiger partial charge in [0, 0.05) is 41.6 Å². The molecule has 0 atom stereocenters. The number of aromatic nitrogens is 4. The number of imidazole rings is 1. The lowest BCUT2D eigenvalue weighted by molar-refractivity contribution is 0.440. The van der Waals surface area contributed by atoms with Crippen LogP contribution in [0, 0.1) is 12.7 Å². The molecule has 6 heteroatoms. The zero-order valence-corrected chi connectivity index (χ0v) is 12.8. The Morgan fingerprint density at radius 2 is 1.62 bits per heavy atom. The summed E-state index contributed by atoms with van der Waals surface area (Å²) in [5, 5.41) is 0. The fraction of sp³-hybridized carbons (Fsp3) is 0.0556. The van der Waals surface area contributed by atoms with E-state index in [4.69, 9.17) is 4.74 Å². The van der Waals surface area contributed by atoms with Crippen molar-refractivity contribution in [3.8, 4) is 22.9 Å². The Kier molecular flexibility index (Phi) is 3.42. The van der Waals surface area contributed by atoms with E-state index in [9.17, 15) is 4.39 Å². The fourth-order valence-corrected chi connectivity index (χ4v) is 2.40. The highest BCUT2D eigenvalue weighted by Gasteiger charge is 2.05. The van der Waals surface area contributed by atoms with Crippen LogP contribution in [0.1, 0.15) is 5.69 Å². The molecule has 0 spiro atoms. The molecule has 0 unspecified atom stereocenters. The van der Waals surface area contributed by atoms with Crippen LogP contribution in [-0.2, 0) is 0 Å². The van der Waals surface area contributed by atoms with E-state index in [0.717, 1.165) is 22.5 Å². The Morgan fingerprint density at radius 1 is 0.875 bits per heavy atom. The highest BCUT2D eigenvalue weighted by atomic mass is 19.1. The minimum Gasteiger partial charge on any atom is -0.424 e. The lowest BCUT2D eigenvalue weighted by Crippen LogP contribution is -1.93. The number of fused-ring (bicyclic) bond motifs is 1. The van der Waals surface area contributed by atoms with E-state index in [0.29, 0.717) is 5.75 Å². The van der Waals surface area contributed by atoms with E-state index in [1.165, 1.54) is 24.3 Å². The SMILES string of the molecule is Cc1cnc2ccc(-c3cnc(Oc4ccc(F)cc4)nc3)cn12. The Balaban J connectivity index is 1.60. The van der Waals surface area contributed by atoms with Crippen LogP contribution in [0.2, 0.25) is 0 Å². The highest BCUT2D eigenvalue weighted by Crippen LogP contribution is 2.22. The molecule has 0 saturated carbocycles. The van der Waals surface area contributed by atoms with E-state index in [1.54, 1.807) is 12.4 Å². The van der Waals surface area contributed by atoms with Gasteiger partial charge in [0.15, 0.2) is 0 Å². The molecule has 0 saturated heterocycles. The number of pyridine rings is 1. The van der Waals surface area contributed by atoms with Gasteiger partial charge in [0.2, 0.25) is 0 Å². The average Bonchev–Trinajstić information content (AvgIpc) is 2.98. The summed E-state index contributed by atoms with van der Waals surface area (Å²) in [6.07, 6.45) is 7.21. The second-order valence-electron chi connectivity index (χ2n) is 5.36. The smallest absolute Gasteiger partial charge is 0.321 e. The van der Waals surface area contributed by atoms with Gasteiger partial charge in [-0.3, -0.25) is 0 Å². The number of nitrogens with zero attached hydrogens (tertiary/aromatic N) is 4. The summed E-state index contributed by atoms with van der Waals surface area (Å²) in [5.74, 6) is 0.170. The van der Waals surface area contributed by atoms with Crippen molar-refractivity contribution in [1.29, 1.82) is 0 Å². The molecule has 5 nitrogen and oxygen atoms in total. The number of rotatable bonds is 3. The van der Waals surface area contributed by atoms with Crippen LogP contribution in [0.5, 0.6) is 11.8 Å². The van der Waals surface area contributed by atoms with Crippen molar-refractivity contribution in [2.75, 3.05) is 0 Å². The third-order valence-electron chi connectivity index (χ3n) is 3.67. The molecule has 0 radical (unpaired) electrons. The van der Waals surface area contributed by atoms with Crippen LogP contribution in [0.3, 0.4) is 0 Å². The van der Waals surface area contributed by atoms with Gasteiger partial charge >= 0.3 is 6.01 Å². The highest BCUT2D eigenvalue weighted by molar-refractivity contribution is 5.63. The maximum atomic E-state index is 12.9. The standard InChI is InChI=1S/C18H13FN4O/c1-12-8-20-17-7-2-13(11-23(12)17)14-9-21-18(22-10-14)24-16-5-3-15(19)4-6-16/h2-11H,1H3. The maximum Gasteiger partial charge on any atom is 0.321 e. The normalized spacial score (nSPS) is 10.9. The molecule has 24 heavy (non-hydrogen) atoms. The van der Waals surface area contributed by atoms with Crippen LogP contribution in [0.15, 0.2) is 61.2 Å². The van der Waals surface area contributed by atoms with E-state index in [2.05, 4.69) is 15.0 Å². The lowest BCUT2D eigenvalue weighted by Gasteiger charge is -2.06. The summed E-state index contributed by atoms with van der Waals surface area (Å²) in [7, 11) is 0. The molecule has 0 aliphatic rings. The van der Waals surface area contributed by atoms with Crippen molar-refractivity contribution >= 4 is 5.65 Å². The quantitative estimate of drug-likeness (QED) is 0.572. The average molecular weight is 320 g/mol. The number of benzene rings is 1. The molecule has 0 N–H and O–H groups in total. The number of ether oxygens (including phenoxy) is 1. The number of hydrogen-bond acceptors (Lipinski definition) is 4. The van der Waals surface area contributed by atoms with Crippen molar-refractivity contribution in [3.63, 3.8) is 0 Å². The van der Waals surface area contributed by atoms with Crippen LogP contribution in [0.4, 0.5) is 4.39 Å². The summed E-state index contributed by atoms with van der Waals surface area (Å²) in [5.41, 5.74) is 3.81. The molecule has 4 rings (SSSR count). The van der Waals surface area contributed by atoms with Crippen molar-refractivity contribution in [3.05, 3.63) is 72.7 Å². The second-order valence-corrected chi connectivity index (χ2v) is 5.36. The molecule has 0 bridgehead atoms. The molecular formula is C18H13FN4O. The van der Waals surface area contributed by atoms with Crippen molar-refractivity contribution < 1.29 is 9.13 Å². The van der Waals surface area contributed by atoms with Crippen LogP contribution in [-0.4, -0.2) is 19.4 Å². The fourth-order valence-electron chi connectivity index (χ4n) is 2.40. The molecule has 118 valence electrons. The monoisotopic (exact) mass is 320 g/mol. The lowest BCUT2D eigenvalue weighted by atomic mass is 10.1. The minimum atomic E-state index is -0.316. The van der Waals surface area contributed by atoms with Gasteiger partial charge < -0.3 is 9.14 Å². The summed E-state index contributed by atoms with van der Waals surface area (Å²) in [4.78, 5) is 12.7. The van der Waals surface area contributed by atoms with E-state index in [-0.39, 0.29) is 11.8 Å². The largest absolute Gasteiger partial charge is 0.424 e. The first kappa shape index (κ1) is 14.3.